The number of hydrogen-bond donors (Lipinski definition) is 2. The number of hydrogen-bond acceptors (Lipinski definition) is 4. The third-order valence-electron chi connectivity index (χ3n) is 5.54. The number of piperidine rings is 1. The zero-order valence-corrected chi connectivity index (χ0v) is 19.4. The molecule has 2 N–H and O–H groups in total. The molecule has 2 aromatic carbocycles. The van der Waals surface area contributed by atoms with Gasteiger partial charge in [0.05, 0.1) is 20.3 Å². The lowest BCUT2D eigenvalue weighted by Crippen LogP contribution is -2.48. The van der Waals surface area contributed by atoms with Crippen molar-refractivity contribution < 1.29 is 13.9 Å². The van der Waals surface area contributed by atoms with Gasteiger partial charge in [-0.15, -0.1) is 0 Å². The molecule has 1 aliphatic rings. The minimum absolute atomic E-state index is 0.185. The van der Waals surface area contributed by atoms with E-state index in [9.17, 15) is 4.39 Å². The maximum absolute atomic E-state index is 13.1. The fraction of sp³-hybridized carbons (Fsp3) is 0.480. The van der Waals surface area contributed by atoms with Crippen LogP contribution in [0.15, 0.2) is 47.5 Å². The molecule has 0 amide bonds. The van der Waals surface area contributed by atoms with Crippen LogP contribution in [-0.2, 0) is 13.1 Å². The second kappa shape index (κ2) is 12.3. The van der Waals surface area contributed by atoms with Crippen LogP contribution in [-0.4, -0.2) is 50.3 Å². The summed E-state index contributed by atoms with van der Waals surface area (Å²) in [6, 6.07) is 13.1. The Bertz CT molecular complexity index is 865. The van der Waals surface area contributed by atoms with Gasteiger partial charge in [-0.2, -0.15) is 0 Å². The molecule has 7 heteroatoms. The summed E-state index contributed by atoms with van der Waals surface area (Å²) < 4.78 is 24.1. The van der Waals surface area contributed by atoms with Crippen LogP contribution in [0.5, 0.6) is 11.5 Å². The Kier molecular flexibility index (Phi) is 9.16. The van der Waals surface area contributed by atoms with Gasteiger partial charge in [0.1, 0.15) is 5.82 Å². The van der Waals surface area contributed by atoms with Crippen molar-refractivity contribution in [1.29, 1.82) is 0 Å². The molecule has 0 unspecified atom stereocenters. The summed E-state index contributed by atoms with van der Waals surface area (Å²) in [6.07, 6.45) is 2.09. The smallest absolute Gasteiger partial charge is 0.191 e. The van der Waals surface area contributed by atoms with Crippen molar-refractivity contribution >= 4 is 5.96 Å². The van der Waals surface area contributed by atoms with Gasteiger partial charge in [-0.1, -0.05) is 18.2 Å². The first-order valence-electron chi connectivity index (χ1n) is 11.4. The van der Waals surface area contributed by atoms with Crippen molar-refractivity contribution in [3.8, 4) is 11.5 Å². The maximum atomic E-state index is 13.1. The second-order valence-electron chi connectivity index (χ2n) is 7.93. The fourth-order valence-electron chi connectivity index (χ4n) is 3.85. The number of halogens is 1. The highest BCUT2D eigenvalue weighted by molar-refractivity contribution is 5.80. The van der Waals surface area contributed by atoms with Crippen LogP contribution in [0.4, 0.5) is 4.39 Å². The first kappa shape index (κ1) is 23.9. The molecule has 1 aliphatic heterocycles. The molecular weight excluding hydrogens is 407 g/mol. The molecule has 0 aliphatic carbocycles. The molecular formula is C25H35FN4O2. The monoisotopic (exact) mass is 442 g/mol. The van der Waals surface area contributed by atoms with Gasteiger partial charge in [0.25, 0.3) is 0 Å². The quantitative estimate of drug-likeness (QED) is 0.455. The van der Waals surface area contributed by atoms with Gasteiger partial charge < -0.3 is 20.1 Å². The molecule has 0 atom stereocenters. The second-order valence-corrected chi connectivity index (χ2v) is 7.93. The number of likely N-dealkylation sites (tertiary alicyclic amines) is 1. The van der Waals surface area contributed by atoms with Crippen molar-refractivity contribution in [3.63, 3.8) is 0 Å². The standard InChI is InChI=1S/C25H35FN4O2/c1-4-27-25(28-17-20-8-11-23(31-3)24(16-20)32-5-2)29-22-12-14-30(15-13-22)18-19-6-9-21(26)10-7-19/h6-11,16,22H,4-5,12-15,17-18H2,1-3H3,(H2,27,28,29). The van der Waals surface area contributed by atoms with Crippen LogP contribution >= 0.6 is 0 Å². The highest BCUT2D eigenvalue weighted by Gasteiger charge is 2.20. The molecule has 0 saturated carbocycles. The summed E-state index contributed by atoms with van der Waals surface area (Å²) in [5, 5.41) is 6.94. The zero-order valence-electron chi connectivity index (χ0n) is 19.4. The molecule has 3 rings (SSSR count). The predicted molar refractivity (Wildman–Crippen MR) is 127 cm³/mol. The van der Waals surface area contributed by atoms with Crippen molar-refractivity contribution in [2.75, 3.05) is 33.4 Å². The molecule has 2 aromatic rings. The zero-order chi connectivity index (χ0) is 22.8. The van der Waals surface area contributed by atoms with Crippen LogP contribution in [0.25, 0.3) is 0 Å². The van der Waals surface area contributed by atoms with Crippen LogP contribution < -0.4 is 20.1 Å². The highest BCUT2D eigenvalue weighted by atomic mass is 19.1. The number of nitrogens with zero attached hydrogens (tertiary/aromatic N) is 2. The van der Waals surface area contributed by atoms with Crippen molar-refractivity contribution in [3.05, 3.63) is 59.4 Å². The van der Waals surface area contributed by atoms with Crippen LogP contribution in [0.2, 0.25) is 0 Å². The van der Waals surface area contributed by atoms with E-state index in [0.717, 1.165) is 67.6 Å². The lowest BCUT2D eigenvalue weighted by Gasteiger charge is -2.33. The number of rotatable bonds is 9. The Balaban J connectivity index is 1.53. The first-order valence-corrected chi connectivity index (χ1v) is 11.4. The summed E-state index contributed by atoms with van der Waals surface area (Å²) in [5.41, 5.74) is 2.22. The Morgan fingerprint density at radius 2 is 1.78 bits per heavy atom. The van der Waals surface area contributed by atoms with Crippen LogP contribution in [0.3, 0.4) is 0 Å². The van der Waals surface area contributed by atoms with E-state index in [-0.39, 0.29) is 5.82 Å². The topological polar surface area (TPSA) is 58.1 Å². The number of aliphatic imine (C=N–C) groups is 1. The van der Waals surface area contributed by atoms with E-state index < -0.39 is 0 Å². The van der Waals surface area contributed by atoms with Gasteiger partial charge in [0.2, 0.25) is 0 Å². The summed E-state index contributed by atoms with van der Waals surface area (Å²) >= 11 is 0. The van der Waals surface area contributed by atoms with Crippen molar-refractivity contribution in [1.82, 2.24) is 15.5 Å². The molecule has 32 heavy (non-hydrogen) atoms. The molecule has 6 nitrogen and oxygen atoms in total. The van der Waals surface area contributed by atoms with Crippen LogP contribution in [0, 0.1) is 5.82 Å². The normalized spacial score (nSPS) is 15.4. The molecule has 174 valence electrons. The minimum atomic E-state index is -0.185. The largest absolute Gasteiger partial charge is 0.493 e. The van der Waals surface area contributed by atoms with Gasteiger partial charge in [0.15, 0.2) is 17.5 Å². The molecule has 0 radical (unpaired) electrons. The Morgan fingerprint density at radius 1 is 1.06 bits per heavy atom. The third kappa shape index (κ3) is 7.12. The SMILES string of the molecule is CCNC(=NCc1ccc(OC)c(OCC)c1)NC1CCN(Cc2ccc(F)cc2)CC1. The van der Waals surface area contributed by atoms with Crippen LogP contribution in [0.1, 0.15) is 37.8 Å². The first-order chi connectivity index (χ1) is 15.6. The number of ether oxygens (including phenoxy) is 2. The molecule has 0 aromatic heterocycles. The maximum Gasteiger partial charge on any atom is 0.191 e. The summed E-state index contributed by atoms with van der Waals surface area (Å²) in [5.74, 6) is 2.13. The summed E-state index contributed by atoms with van der Waals surface area (Å²) in [4.78, 5) is 7.20. The molecule has 1 heterocycles. The highest BCUT2D eigenvalue weighted by Crippen LogP contribution is 2.28. The molecule has 0 bridgehead atoms. The molecule has 0 spiro atoms. The van der Waals surface area contributed by atoms with E-state index in [2.05, 4.69) is 22.5 Å². The Labute approximate surface area is 190 Å². The summed E-state index contributed by atoms with van der Waals surface area (Å²) in [7, 11) is 1.65. The third-order valence-corrected chi connectivity index (χ3v) is 5.54. The van der Waals surface area contributed by atoms with Crippen molar-refractivity contribution in [2.24, 2.45) is 4.99 Å². The Hall–Kier alpha value is -2.80. The fourth-order valence-corrected chi connectivity index (χ4v) is 3.85. The van der Waals surface area contributed by atoms with Crippen molar-refractivity contribution in [2.45, 2.75) is 45.8 Å². The van der Waals surface area contributed by atoms with Gasteiger partial charge in [-0.05, 0) is 62.1 Å². The van der Waals surface area contributed by atoms with Gasteiger partial charge in [0, 0.05) is 32.2 Å². The van der Waals surface area contributed by atoms with E-state index >= 15 is 0 Å². The number of benzene rings is 2. The lowest BCUT2D eigenvalue weighted by molar-refractivity contribution is 0.198. The van der Waals surface area contributed by atoms with Gasteiger partial charge >= 0.3 is 0 Å². The van der Waals surface area contributed by atoms with E-state index in [1.54, 1.807) is 7.11 Å². The Morgan fingerprint density at radius 3 is 2.44 bits per heavy atom. The average molecular weight is 443 g/mol. The predicted octanol–water partition coefficient (Wildman–Crippen LogP) is 3.95. The van der Waals surface area contributed by atoms with E-state index in [0.29, 0.717) is 19.2 Å². The number of methoxy groups -OCH3 is 1. The minimum Gasteiger partial charge on any atom is -0.493 e. The van der Waals surface area contributed by atoms with Gasteiger partial charge in [-0.3, -0.25) is 4.90 Å². The van der Waals surface area contributed by atoms with E-state index in [1.807, 2.05) is 37.3 Å². The van der Waals surface area contributed by atoms with E-state index in [1.165, 1.54) is 12.1 Å². The summed E-state index contributed by atoms with van der Waals surface area (Å²) in [6.45, 7) is 8.86. The number of guanidine groups is 1. The lowest BCUT2D eigenvalue weighted by atomic mass is 10.0. The average Bonchev–Trinajstić information content (AvgIpc) is 2.81. The molecule has 1 fully saturated rings. The van der Waals surface area contributed by atoms with Gasteiger partial charge in [-0.25, -0.2) is 9.38 Å². The van der Waals surface area contributed by atoms with E-state index in [4.69, 9.17) is 14.5 Å². The number of nitrogens with one attached hydrogen (secondary N) is 2. The molecule has 1 saturated heterocycles.